The van der Waals surface area contributed by atoms with Gasteiger partial charge in [-0.25, -0.2) is 17.5 Å². The number of benzene rings is 2. The van der Waals surface area contributed by atoms with Crippen LogP contribution < -0.4 is 9.46 Å². The number of ether oxygens (including phenoxy) is 1. The molecule has 9 heteroatoms. The van der Waals surface area contributed by atoms with Gasteiger partial charge in [-0.1, -0.05) is 30.3 Å². The van der Waals surface area contributed by atoms with E-state index < -0.39 is 39.4 Å². The van der Waals surface area contributed by atoms with Crippen LogP contribution >= 0.6 is 0 Å². The van der Waals surface area contributed by atoms with Crippen LogP contribution in [0.15, 0.2) is 53.4 Å². The van der Waals surface area contributed by atoms with E-state index in [1.165, 1.54) is 30.3 Å². The minimum absolute atomic E-state index is 0.0373. The number of nitrogens with one attached hydrogen (secondary N) is 1. The van der Waals surface area contributed by atoms with Crippen LogP contribution in [0.3, 0.4) is 0 Å². The van der Waals surface area contributed by atoms with Crippen LogP contribution in [0, 0.1) is 5.82 Å². The Bertz CT molecular complexity index is 791. The van der Waals surface area contributed by atoms with Crippen LogP contribution in [-0.2, 0) is 16.6 Å². The van der Waals surface area contributed by atoms with E-state index in [-0.39, 0.29) is 5.56 Å². The van der Waals surface area contributed by atoms with E-state index in [1.807, 2.05) is 4.72 Å². The Morgan fingerprint density at radius 2 is 1.61 bits per heavy atom. The lowest BCUT2D eigenvalue weighted by molar-refractivity contribution is -0.274. The zero-order valence-corrected chi connectivity index (χ0v) is 12.3. The van der Waals surface area contributed by atoms with E-state index in [2.05, 4.69) is 4.74 Å². The first-order chi connectivity index (χ1) is 10.7. The number of hydrogen-bond donors (Lipinski definition) is 1. The minimum Gasteiger partial charge on any atom is -0.405 e. The van der Waals surface area contributed by atoms with Gasteiger partial charge in [-0.3, -0.25) is 0 Å². The van der Waals surface area contributed by atoms with Crippen molar-refractivity contribution in [3.05, 3.63) is 59.9 Å². The van der Waals surface area contributed by atoms with Gasteiger partial charge in [-0.05, 0) is 18.2 Å². The molecule has 1 N–H and O–H groups in total. The highest BCUT2D eigenvalue weighted by Gasteiger charge is 2.32. The van der Waals surface area contributed by atoms with Gasteiger partial charge in [-0.15, -0.1) is 13.2 Å². The first kappa shape index (κ1) is 17.2. The highest BCUT2D eigenvalue weighted by Crippen LogP contribution is 2.26. The van der Waals surface area contributed by atoms with Crippen LogP contribution in [-0.4, -0.2) is 14.8 Å². The molecule has 0 unspecified atom stereocenters. The number of para-hydroxylation sites is 1. The predicted molar refractivity (Wildman–Crippen MR) is 73.6 cm³/mol. The SMILES string of the molecule is O=S(=O)(NCc1ccccc1OC(F)(F)F)c1ccccc1F. The lowest BCUT2D eigenvalue weighted by Crippen LogP contribution is -2.25. The second-order valence-corrected chi connectivity index (χ2v) is 6.15. The molecule has 0 aromatic heterocycles. The van der Waals surface area contributed by atoms with Crippen molar-refractivity contribution in [1.82, 2.24) is 4.72 Å². The van der Waals surface area contributed by atoms with Crippen molar-refractivity contribution in [3.63, 3.8) is 0 Å². The highest BCUT2D eigenvalue weighted by atomic mass is 32.2. The Morgan fingerprint density at radius 1 is 1.00 bits per heavy atom. The molecule has 0 aliphatic rings. The van der Waals surface area contributed by atoms with E-state index >= 15 is 0 Å². The molecule has 0 fully saturated rings. The second-order valence-electron chi connectivity index (χ2n) is 4.41. The fraction of sp³-hybridized carbons (Fsp3) is 0.143. The van der Waals surface area contributed by atoms with Gasteiger partial charge in [0.15, 0.2) is 0 Å². The Kier molecular flexibility index (Phi) is 4.90. The summed E-state index contributed by atoms with van der Waals surface area (Å²) in [6.07, 6.45) is -4.90. The molecule has 0 spiro atoms. The second kappa shape index (κ2) is 6.55. The molecule has 0 heterocycles. The normalized spacial score (nSPS) is 12.2. The summed E-state index contributed by atoms with van der Waals surface area (Å²) in [4.78, 5) is -0.589. The summed E-state index contributed by atoms with van der Waals surface area (Å²) in [5, 5.41) is 0. The van der Waals surface area contributed by atoms with Crippen molar-refractivity contribution < 1.29 is 30.7 Å². The van der Waals surface area contributed by atoms with Crippen LogP contribution in [0.5, 0.6) is 5.75 Å². The van der Waals surface area contributed by atoms with E-state index in [0.29, 0.717) is 0 Å². The van der Waals surface area contributed by atoms with Crippen LogP contribution in [0.1, 0.15) is 5.56 Å². The first-order valence-corrected chi connectivity index (χ1v) is 7.75. The maximum atomic E-state index is 13.5. The summed E-state index contributed by atoms with van der Waals surface area (Å²) >= 11 is 0. The van der Waals surface area contributed by atoms with Crippen molar-refractivity contribution in [2.45, 2.75) is 17.8 Å². The number of rotatable bonds is 5. The van der Waals surface area contributed by atoms with Gasteiger partial charge >= 0.3 is 6.36 Å². The van der Waals surface area contributed by atoms with E-state index in [4.69, 9.17) is 0 Å². The van der Waals surface area contributed by atoms with Gasteiger partial charge in [0.05, 0.1) is 0 Å². The molecule has 0 aliphatic heterocycles. The topological polar surface area (TPSA) is 55.4 Å². The average molecular weight is 349 g/mol. The molecule has 0 radical (unpaired) electrons. The van der Waals surface area contributed by atoms with E-state index in [0.717, 1.165) is 18.2 Å². The minimum atomic E-state index is -4.90. The summed E-state index contributed by atoms with van der Waals surface area (Å²) < 4.78 is 80.3. The number of alkyl halides is 3. The monoisotopic (exact) mass is 349 g/mol. The maximum Gasteiger partial charge on any atom is 0.573 e. The van der Waals surface area contributed by atoms with Gasteiger partial charge in [0.25, 0.3) is 0 Å². The smallest absolute Gasteiger partial charge is 0.405 e. The lowest BCUT2D eigenvalue weighted by atomic mass is 10.2. The molecule has 23 heavy (non-hydrogen) atoms. The fourth-order valence-corrected chi connectivity index (χ4v) is 2.87. The molecule has 0 amide bonds. The average Bonchev–Trinajstić information content (AvgIpc) is 2.45. The molecular weight excluding hydrogens is 338 g/mol. The molecular formula is C14H11F4NO3S. The summed E-state index contributed by atoms with van der Waals surface area (Å²) in [7, 11) is -4.21. The highest BCUT2D eigenvalue weighted by molar-refractivity contribution is 7.89. The molecule has 0 saturated heterocycles. The summed E-state index contributed by atoms with van der Waals surface area (Å²) in [5.74, 6) is -1.49. The van der Waals surface area contributed by atoms with Crippen molar-refractivity contribution in [1.29, 1.82) is 0 Å². The van der Waals surface area contributed by atoms with Crippen LogP contribution in [0.4, 0.5) is 17.6 Å². The fourth-order valence-electron chi connectivity index (χ4n) is 1.79. The van der Waals surface area contributed by atoms with Gasteiger partial charge < -0.3 is 4.74 Å². The molecule has 0 bridgehead atoms. The first-order valence-electron chi connectivity index (χ1n) is 6.27. The quantitative estimate of drug-likeness (QED) is 0.844. The molecule has 2 aromatic rings. The van der Waals surface area contributed by atoms with Crippen molar-refractivity contribution >= 4 is 10.0 Å². The molecule has 4 nitrogen and oxygen atoms in total. The van der Waals surface area contributed by atoms with Gasteiger partial charge in [-0.2, -0.15) is 0 Å². The zero-order valence-electron chi connectivity index (χ0n) is 11.5. The van der Waals surface area contributed by atoms with E-state index in [1.54, 1.807) is 0 Å². The van der Waals surface area contributed by atoms with Gasteiger partial charge in [0.1, 0.15) is 16.5 Å². The maximum absolute atomic E-state index is 13.5. The Hall–Kier alpha value is -2.13. The third-order valence-corrected chi connectivity index (χ3v) is 4.21. The number of hydrogen-bond acceptors (Lipinski definition) is 3. The molecule has 0 saturated carbocycles. The largest absolute Gasteiger partial charge is 0.573 e. The Balaban J connectivity index is 2.20. The van der Waals surface area contributed by atoms with Crippen LogP contribution in [0.2, 0.25) is 0 Å². The molecule has 124 valence electrons. The summed E-state index contributed by atoms with van der Waals surface area (Å²) in [6, 6.07) is 9.74. The summed E-state index contributed by atoms with van der Waals surface area (Å²) in [6.45, 7) is -0.483. The predicted octanol–water partition coefficient (Wildman–Crippen LogP) is 3.20. The molecule has 2 aromatic carbocycles. The van der Waals surface area contributed by atoms with Crippen molar-refractivity contribution in [3.8, 4) is 5.75 Å². The number of halogens is 4. The number of sulfonamides is 1. The van der Waals surface area contributed by atoms with Crippen molar-refractivity contribution in [2.75, 3.05) is 0 Å². The third-order valence-electron chi connectivity index (χ3n) is 2.78. The third kappa shape index (κ3) is 4.67. The molecule has 0 aliphatic carbocycles. The standard InChI is InChI=1S/C14H11F4NO3S/c15-11-6-2-4-8-13(11)23(20,21)19-9-10-5-1-3-7-12(10)22-14(16,17)18/h1-8,19H,9H2. The van der Waals surface area contributed by atoms with Crippen LogP contribution in [0.25, 0.3) is 0 Å². The zero-order chi connectivity index (χ0) is 17.1. The van der Waals surface area contributed by atoms with Gasteiger partial charge in [0, 0.05) is 12.1 Å². The lowest BCUT2D eigenvalue weighted by Gasteiger charge is -2.14. The van der Waals surface area contributed by atoms with Gasteiger partial charge in [0.2, 0.25) is 10.0 Å². The van der Waals surface area contributed by atoms with E-state index in [9.17, 15) is 26.0 Å². The van der Waals surface area contributed by atoms with Crippen molar-refractivity contribution in [2.24, 2.45) is 0 Å². The Labute approximate surface area is 129 Å². The summed E-state index contributed by atoms with van der Waals surface area (Å²) in [5.41, 5.74) is -0.0373. The molecule has 0 atom stereocenters. The Morgan fingerprint density at radius 3 is 2.26 bits per heavy atom. The molecule has 2 rings (SSSR count).